The summed E-state index contributed by atoms with van der Waals surface area (Å²) in [5.74, 6) is -0.881. The van der Waals surface area contributed by atoms with Gasteiger partial charge in [0.05, 0.1) is 21.7 Å². The van der Waals surface area contributed by atoms with Crippen LogP contribution in [0.25, 0.3) is 0 Å². The van der Waals surface area contributed by atoms with Gasteiger partial charge in [-0.3, -0.25) is 14.4 Å². The zero-order chi connectivity index (χ0) is 21.5. The van der Waals surface area contributed by atoms with Gasteiger partial charge in [0.1, 0.15) is 12.7 Å². The van der Waals surface area contributed by atoms with Crippen LogP contribution in [0.3, 0.4) is 0 Å². The van der Waals surface area contributed by atoms with Crippen LogP contribution in [0.1, 0.15) is 46.5 Å². The van der Waals surface area contributed by atoms with E-state index in [-0.39, 0.29) is 42.8 Å². The molecule has 1 aromatic carbocycles. The Balaban J connectivity index is 1.49. The molecule has 1 fully saturated rings. The predicted octanol–water partition coefficient (Wildman–Crippen LogP) is 3.77. The fourth-order valence-corrected chi connectivity index (χ4v) is 4.22. The Morgan fingerprint density at radius 3 is 2.67 bits per heavy atom. The molecule has 1 amide bonds. The molecule has 0 bridgehead atoms. The molecule has 3 rings (SSSR count). The summed E-state index contributed by atoms with van der Waals surface area (Å²) in [6.07, 6.45) is 1.30. The molecule has 1 unspecified atom stereocenters. The van der Waals surface area contributed by atoms with E-state index >= 15 is 0 Å². The van der Waals surface area contributed by atoms with Gasteiger partial charge in [-0.1, -0.05) is 42.8 Å². The fraction of sp³-hybridized carbons (Fsp3) is 0.409. The van der Waals surface area contributed by atoms with E-state index < -0.39 is 0 Å². The standard InChI is InChI=1S/C22H24ClNO5S/c1-2-9-28-13-16(25)10-14-3-5-15(6-4-14)18-11-17(29-22(18)27)12-24-21(26)19-7-8-20(23)30-19/h3-8,17-18H,2,9-13H2,1H3,(H,24,26)/t17-,18?/m0/s1. The minimum absolute atomic E-state index is 0.0271. The smallest absolute Gasteiger partial charge is 0.313 e. The van der Waals surface area contributed by atoms with Crippen molar-refractivity contribution < 1.29 is 23.9 Å². The van der Waals surface area contributed by atoms with Crippen LogP contribution in [0.2, 0.25) is 4.34 Å². The number of esters is 1. The van der Waals surface area contributed by atoms with Crippen molar-refractivity contribution in [3.8, 4) is 0 Å². The van der Waals surface area contributed by atoms with E-state index in [1.54, 1.807) is 12.1 Å². The molecule has 0 spiro atoms. The topological polar surface area (TPSA) is 81.7 Å². The minimum atomic E-state index is -0.376. The van der Waals surface area contributed by atoms with Crippen LogP contribution in [-0.4, -0.2) is 43.5 Å². The van der Waals surface area contributed by atoms with Crippen LogP contribution in [0.5, 0.6) is 0 Å². The number of amides is 1. The lowest BCUT2D eigenvalue weighted by Gasteiger charge is -2.10. The van der Waals surface area contributed by atoms with Crippen LogP contribution < -0.4 is 5.32 Å². The molecule has 30 heavy (non-hydrogen) atoms. The first-order valence-electron chi connectivity index (χ1n) is 9.88. The lowest BCUT2D eigenvalue weighted by Crippen LogP contribution is -2.31. The molecule has 2 heterocycles. The Labute approximate surface area is 184 Å². The van der Waals surface area contributed by atoms with Gasteiger partial charge < -0.3 is 14.8 Å². The first kappa shape index (κ1) is 22.5. The lowest BCUT2D eigenvalue weighted by molar-refractivity contribution is -0.142. The van der Waals surface area contributed by atoms with E-state index in [9.17, 15) is 14.4 Å². The van der Waals surface area contributed by atoms with Crippen molar-refractivity contribution in [1.29, 1.82) is 0 Å². The highest BCUT2D eigenvalue weighted by atomic mass is 35.5. The Morgan fingerprint density at radius 1 is 1.23 bits per heavy atom. The van der Waals surface area contributed by atoms with Gasteiger partial charge in [-0.15, -0.1) is 11.3 Å². The zero-order valence-electron chi connectivity index (χ0n) is 16.7. The number of hydrogen-bond donors (Lipinski definition) is 1. The number of halogens is 1. The average molecular weight is 450 g/mol. The van der Waals surface area contributed by atoms with Crippen molar-refractivity contribution in [3.05, 3.63) is 56.7 Å². The third kappa shape index (κ3) is 6.14. The first-order valence-corrected chi connectivity index (χ1v) is 11.1. The summed E-state index contributed by atoms with van der Waals surface area (Å²) in [7, 11) is 0. The van der Waals surface area contributed by atoms with Crippen molar-refractivity contribution in [3.63, 3.8) is 0 Å². The molecule has 160 valence electrons. The van der Waals surface area contributed by atoms with Crippen LogP contribution in [0.15, 0.2) is 36.4 Å². The molecular weight excluding hydrogens is 426 g/mol. The number of rotatable bonds is 10. The van der Waals surface area contributed by atoms with E-state index in [0.29, 0.717) is 28.7 Å². The van der Waals surface area contributed by atoms with Crippen molar-refractivity contribution >= 4 is 40.6 Å². The van der Waals surface area contributed by atoms with Crippen molar-refractivity contribution in [2.24, 2.45) is 0 Å². The van der Waals surface area contributed by atoms with Gasteiger partial charge in [-0.05, 0) is 29.7 Å². The van der Waals surface area contributed by atoms with E-state index in [2.05, 4.69) is 5.32 Å². The van der Waals surface area contributed by atoms with Crippen LogP contribution in [-0.2, 0) is 25.5 Å². The molecule has 1 saturated heterocycles. The summed E-state index contributed by atoms with van der Waals surface area (Å²) in [5.41, 5.74) is 1.73. The quantitative estimate of drug-likeness (QED) is 0.441. The van der Waals surface area contributed by atoms with Crippen molar-refractivity contribution in [2.45, 2.75) is 38.2 Å². The normalized spacial score (nSPS) is 18.3. The second-order valence-electron chi connectivity index (χ2n) is 7.17. The minimum Gasteiger partial charge on any atom is -0.460 e. The van der Waals surface area contributed by atoms with Gasteiger partial charge in [0.2, 0.25) is 0 Å². The number of ether oxygens (including phenoxy) is 2. The number of Topliss-reactive ketones (excluding diaryl/α,β-unsaturated/α-hetero) is 1. The summed E-state index contributed by atoms with van der Waals surface area (Å²) in [6, 6.07) is 10.8. The largest absolute Gasteiger partial charge is 0.460 e. The molecule has 6 nitrogen and oxygen atoms in total. The summed E-state index contributed by atoms with van der Waals surface area (Å²) in [4.78, 5) is 36.8. The second-order valence-corrected chi connectivity index (χ2v) is 8.89. The summed E-state index contributed by atoms with van der Waals surface area (Å²) in [5, 5.41) is 2.78. The molecule has 2 aromatic rings. The van der Waals surface area contributed by atoms with Gasteiger partial charge in [0.15, 0.2) is 5.78 Å². The highest BCUT2D eigenvalue weighted by Gasteiger charge is 2.35. The summed E-state index contributed by atoms with van der Waals surface area (Å²) in [6.45, 7) is 2.95. The van der Waals surface area contributed by atoms with E-state index in [1.807, 2.05) is 31.2 Å². The number of nitrogens with one attached hydrogen (secondary N) is 1. The molecule has 0 saturated carbocycles. The Hall–Kier alpha value is -2.22. The second kappa shape index (κ2) is 10.7. The highest BCUT2D eigenvalue weighted by molar-refractivity contribution is 7.17. The predicted molar refractivity (Wildman–Crippen MR) is 115 cm³/mol. The molecule has 1 aromatic heterocycles. The zero-order valence-corrected chi connectivity index (χ0v) is 18.3. The van der Waals surface area contributed by atoms with Gasteiger partial charge >= 0.3 is 5.97 Å². The Morgan fingerprint density at radius 2 is 2.00 bits per heavy atom. The monoisotopic (exact) mass is 449 g/mol. The van der Waals surface area contributed by atoms with E-state index in [1.165, 1.54) is 11.3 Å². The SMILES string of the molecule is CCCOCC(=O)Cc1ccc(C2C[C@@H](CNC(=O)c3ccc(Cl)s3)OC2=O)cc1. The molecule has 1 aliphatic rings. The first-order chi connectivity index (χ1) is 14.5. The van der Waals surface area contributed by atoms with Gasteiger partial charge in [0.25, 0.3) is 5.91 Å². The lowest BCUT2D eigenvalue weighted by atomic mass is 9.94. The number of thiophene rings is 1. The van der Waals surface area contributed by atoms with Gasteiger partial charge in [0, 0.05) is 19.4 Å². The van der Waals surface area contributed by atoms with Crippen molar-refractivity contribution in [1.82, 2.24) is 5.32 Å². The number of benzene rings is 1. The highest BCUT2D eigenvalue weighted by Crippen LogP contribution is 2.31. The average Bonchev–Trinajstić information content (AvgIpc) is 3.32. The molecular formula is C22H24ClNO5S. The third-order valence-corrected chi connectivity index (χ3v) is 5.98. The molecule has 1 aliphatic heterocycles. The fourth-order valence-electron chi connectivity index (χ4n) is 3.26. The maximum atomic E-state index is 12.3. The maximum Gasteiger partial charge on any atom is 0.313 e. The number of cyclic esters (lactones) is 1. The van der Waals surface area contributed by atoms with Crippen LogP contribution in [0.4, 0.5) is 0 Å². The maximum absolute atomic E-state index is 12.3. The molecule has 8 heteroatoms. The molecule has 0 aliphatic carbocycles. The number of carbonyl (C=O) groups excluding carboxylic acids is 3. The summed E-state index contributed by atoms with van der Waals surface area (Å²) >= 11 is 7.05. The Bertz CT molecular complexity index is 895. The molecule has 1 N–H and O–H groups in total. The van der Waals surface area contributed by atoms with Crippen LogP contribution in [0, 0.1) is 0 Å². The number of carbonyl (C=O) groups is 3. The number of ketones is 1. The molecule has 2 atom stereocenters. The Kier molecular flexibility index (Phi) is 8.01. The van der Waals surface area contributed by atoms with Crippen LogP contribution >= 0.6 is 22.9 Å². The van der Waals surface area contributed by atoms with E-state index in [4.69, 9.17) is 21.1 Å². The third-order valence-electron chi connectivity index (χ3n) is 4.75. The summed E-state index contributed by atoms with van der Waals surface area (Å²) < 4.78 is 11.2. The van der Waals surface area contributed by atoms with Gasteiger partial charge in [-0.2, -0.15) is 0 Å². The number of hydrogen-bond acceptors (Lipinski definition) is 6. The van der Waals surface area contributed by atoms with Crippen molar-refractivity contribution in [2.75, 3.05) is 19.8 Å². The molecule has 0 radical (unpaired) electrons. The van der Waals surface area contributed by atoms with E-state index in [0.717, 1.165) is 17.5 Å². The van der Waals surface area contributed by atoms with Gasteiger partial charge in [-0.25, -0.2) is 0 Å².